The first-order chi connectivity index (χ1) is 6.63. The topological polar surface area (TPSA) is 38.0 Å². The maximum atomic E-state index is 9.13. The Morgan fingerprint density at radius 2 is 2.07 bits per heavy atom. The van der Waals surface area contributed by atoms with E-state index in [0.717, 1.165) is 22.4 Å². The van der Waals surface area contributed by atoms with E-state index < -0.39 is 0 Å². The van der Waals surface area contributed by atoms with E-state index in [0.29, 0.717) is 0 Å². The summed E-state index contributed by atoms with van der Waals surface area (Å²) in [6.07, 6.45) is 0. The Morgan fingerprint density at radius 1 is 1.36 bits per heavy atom. The van der Waals surface area contributed by atoms with Crippen LogP contribution < -0.4 is 0 Å². The van der Waals surface area contributed by atoms with E-state index in [2.05, 4.69) is 18.0 Å². The van der Waals surface area contributed by atoms with Crippen LogP contribution in [0.2, 0.25) is 0 Å². The summed E-state index contributed by atoms with van der Waals surface area (Å²) in [7, 11) is 1.96. The molecule has 0 saturated carbocycles. The SMILES string of the molecule is Cc1cc(C)c2c(cc(CO)n2C)n1. The van der Waals surface area contributed by atoms with Gasteiger partial charge >= 0.3 is 0 Å². The molecule has 2 heterocycles. The minimum atomic E-state index is 0.0609. The number of aliphatic hydroxyl groups excluding tert-OH is 1. The maximum absolute atomic E-state index is 9.13. The monoisotopic (exact) mass is 190 g/mol. The van der Waals surface area contributed by atoms with Crippen LogP contribution in [-0.4, -0.2) is 14.7 Å². The molecule has 0 amide bonds. The van der Waals surface area contributed by atoms with Crippen LogP contribution in [0.25, 0.3) is 11.0 Å². The molecule has 0 fully saturated rings. The van der Waals surface area contributed by atoms with Crippen LogP contribution in [0.5, 0.6) is 0 Å². The second-order valence-electron chi connectivity index (χ2n) is 3.67. The number of aryl methyl sites for hydroxylation is 3. The number of hydrogen-bond donors (Lipinski definition) is 1. The van der Waals surface area contributed by atoms with Crippen LogP contribution in [0.1, 0.15) is 17.0 Å². The average molecular weight is 190 g/mol. The molecule has 14 heavy (non-hydrogen) atoms. The van der Waals surface area contributed by atoms with Crippen molar-refractivity contribution in [2.75, 3.05) is 0 Å². The van der Waals surface area contributed by atoms with E-state index in [4.69, 9.17) is 5.11 Å². The number of aromatic nitrogens is 2. The molecule has 0 spiro atoms. The lowest BCUT2D eigenvalue weighted by molar-refractivity contribution is 0.273. The molecule has 0 aromatic carbocycles. The quantitative estimate of drug-likeness (QED) is 0.743. The van der Waals surface area contributed by atoms with E-state index in [1.54, 1.807) is 0 Å². The van der Waals surface area contributed by atoms with E-state index in [9.17, 15) is 0 Å². The molecule has 0 aliphatic carbocycles. The molecule has 0 bridgehead atoms. The van der Waals surface area contributed by atoms with Crippen LogP contribution in [-0.2, 0) is 13.7 Å². The summed E-state index contributed by atoms with van der Waals surface area (Å²) >= 11 is 0. The number of rotatable bonds is 1. The normalized spacial score (nSPS) is 11.1. The van der Waals surface area contributed by atoms with E-state index in [1.807, 2.05) is 24.6 Å². The van der Waals surface area contributed by atoms with E-state index in [1.165, 1.54) is 5.56 Å². The number of fused-ring (bicyclic) bond motifs is 1. The van der Waals surface area contributed by atoms with Crippen molar-refractivity contribution in [1.29, 1.82) is 0 Å². The van der Waals surface area contributed by atoms with Crippen LogP contribution in [0.4, 0.5) is 0 Å². The zero-order chi connectivity index (χ0) is 10.3. The highest BCUT2D eigenvalue weighted by Crippen LogP contribution is 2.21. The van der Waals surface area contributed by atoms with Crippen molar-refractivity contribution in [3.05, 3.63) is 29.1 Å². The third kappa shape index (κ3) is 1.21. The fourth-order valence-electron chi connectivity index (χ4n) is 1.95. The second kappa shape index (κ2) is 3.10. The van der Waals surface area contributed by atoms with Gasteiger partial charge in [0.15, 0.2) is 0 Å². The maximum Gasteiger partial charge on any atom is 0.0890 e. The van der Waals surface area contributed by atoms with Crippen molar-refractivity contribution >= 4 is 11.0 Å². The zero-order valence-corrected chi connectivity index (χ0v) is 8.70. The number of nitrogens with zero attached hydrogens (tertiary/aromatic N) is 2. The second-order valence-corrected chi connectivity index (χ2v) is 3.67. The predicted molar refractivity (Wildman–Crippen MR) is 56.1 cm³/mol. The Labute approximate surface area is 83.0 Å². The standard InChI is InChI=1S/C11H14N2O/c1-7-4-8(2)12-10-5-9(6-14)13(3)11(7)10/h4-5,14H,6H2,1-3H3. The van der Waals surface area contributed by atoms with Gasteiger partial charge < -0.3 is 9.67 Å². The van der Waals surface area contributed by atoms with E-state index >= 15 is 0 Å². The molecule has 2 rings (SSSR count). The van der Waals surface area contributed by atoms with Crippen LogP contribution in [0.3, 0.4) is 0 Å². The molecule has 0 aliphatic heterocycles. The molecular weight excluding hydrogens is 176 g/mol. The highest BCUT2D eigenvalue weighted by molar-refractivity contribution is 5.80. The van der Waals surface area contributed by atoms with Crippen molar-refractivity contribution in [3.8, 4) is 0 Å². The molecule has 3 heteroatoms. The molecule has 0 aliphatic rings. The Hall–Kier alpha value is -1.35. The summed E-state index contributed by atoms with van der Waals surface area (Å²) in [6, 6.07) is 4.00. The molecule has 0 saturated heterocycles. The first-order valence-electron chi connectivity index (χ1n) is 4.67. The number of aliphatic hydroxyl groups is 1. The Balaban J connectivity index is 2.85. The highest BCUT2D eigenvalue weighted by atomic mass is 16.3. The van der Waals surface area contributed by atoms with Crippen LogP contribution in [0.15, 0.2) is 12.1 Å². The fraction of sp³-hybridized carbons (Fsp3) is 0.364. The van der Waals surface area contributed by atoms with Crippen molar-refractivity contribution in [1.82, 2.24) is 9.55 Å². The summed E-state index contributed by atoms with van der Waals surface area (Å²) in [4.78, 5) is 4.43. The molecule has 2 aromatic rings. The van der Waals surface area contributed by atoms with Crippen molar-refractivity contribution in [2.45, 2.75) is 20.5 Å². The molecule has 0 radical (unpaired) electrons. The Bertz CT molecular complexity index is 485. The lowest BCUT2D eigenvalue weighted by atomic mass is 10.2. The smallest absolute Gasteiger partial charge is 0.0890 e. The van der Waals surface area contributed by atoms with Gasteiger partial charge in [0.1, 0.15) is 0 Å². The molecule has 74 valence electrons. The van der Waals surface area contributed by atoms with Gasteiger partial charge in [0.25, 0.3) is 0 Å². The van der Waals surface area contributed by atoms with Crippen LogP contribution >= 0.6 is 0 Å². The lowest BCUT2D eigenvalue weighted by Crippen LogP contribution is -1.96. The summed E-state index contributed by atoms with van der Waals surface area (Å²) < 4.78 is 2.00. The van der Waals surface area contributed by atoms with Gasteiger partial charge in [-0.2, -0.15) is 0 Å². The minimum Gasteiger partial charge on any atom is -0.390 e. The van der Waals surface area contributed by atoms with Gasteiger partial charge in [-0.3, -0.25) is 4.98 Å². The highest BCUT2D eigenvalue weighted by Gasteiger charge is 2.08. The van der Waals surface area contributed by atoms with Gasteiger partial charge in [-0.15, -0.1) is 0 Å². The average Bonchev–Trinajstić information content (AvgIpc) is 2.42. The van der Waals surface area contributed by atoms with Crippen LogP contribution in [0, 0.1) is 13.8 Å². The molecule has 3 nitrogen and oxygen atoms in total. The van der Waals surface area contributed by atoms with Gasteiger partial charge in [-0.1, -0.05) is 0 Å². The summed E-state index contributed by atoms with van der Waals surface area (Å²) in [5.41, 5.74) is 5.20. The largest absolute Gasteiger partial charge is 0.390 e. The first-order valence-corrected chi connectivity index (χ1v) is 4.67. The minimum absolute atomic E-state index is 0.0609. The van der Waals surface area contributed by atoms with Gasteiger partial charge in [0, 0.05) is 18.4 Å². The van der Waals surface area contributed by atoms with Gasteiger partial charge in [0.2, 0.25) is 0 Å². The molecular formula is C11H14N2O. The molecule has 2 aromatic heterocycles. The third-order valence-corrected chi connectivity index (χ3v) is 2.57. The van der Waals surface area contributed by atoms with Crippen molar-refractivity contribution in [2.24, 2.45) is 7.05 Å². The predicted octanol–water partition coefficient (Wildman–Crippen LogP) is 1.68. The summed E-state index contributed by atoms with van der Waals surface area (Å²) in [5, 5.41) is 9.13. The van der Waals surface area contributed by atoms with Gasteiger partial charge in [-0.05, 0) is 31.5 Å². The summed E-state index contributed by atoms with van der Waals surface area (Å²) in [5.74, 6) is 0. The van der Waals surface area contributed by atoms with Gasteiger partial charge in [-0.25, -0.2) is 0 Å². The Morgan fingerprint density at radius 3 is 2.71 bits per heavy atom. The Kier molecular flexibility index (Phi) is 2.04. The number of pyridine rings is 1. The molecule has 0 unspecified atom stereocenters. The van der Waals surface area contributed by atoms with E-state index in [-0.39, 0.29) is 6.61 Å². The van der Waals surface area contributed by atoms with Crippen molar-refractivity contribution in [3.63, 3.8) is 0 Å². The third-order valence-electron chi connectivity index (χ3n) is 2.57. The molecule has 0 atom stereocenters. The first kappa shape index (κ1) is 9.21. The fourth-order valence-corrected chi connectivity index (χ4v) is 1.95. The molecule has 1 N–H and O–H groups in total. The number of hydrogen-bond acceptors (Lipinski definition) is 2. The summed E-state index contributed by atoms with van der Waals surface area (Å²) in [6.45, 7) is 4.11. The zero-order valence-electron chi connectivity index (χ0n) is 8.70. The van der Waals surface area contributed by atoms with Gasteiger partial charge in [0.05, 0.1) is 17.6 Å². The van der Waals surface area contributed by atoms with Crippen molar-refractivity contribution < 1.29 is 5.11 Å². The lowest BCUT2D eigenvalue weighted by Gasteiger charge is -2.03.